The van der Waals surface area contributed by atoms with Crippen LogP contribution >= 0.6 is 7.75 Å². The van der Waals surface area contributed by atoms with E-state index in [2.05, 4.69) is 4.52 Å². The number of alkyl halides is 1. The summed E-state index contributed by atoms with van der Waals surface area (Å²) in [6.45, 7) is -0.284. The number of carboxylic acids is 1. The molecule has 0 bridgehead atoms. The Kier molecular flexibility index (Phi) is 6.25. The average Bonchev–Trinajstić information content (AvgIpc) is 2.83. The van der Waals surface area contributed by atoms with E-state index in [1.54, 1.807) is 0 Å². The SMILES string of the molecule is C[C@@H](C(=O)O)N(C)P(=O)(O)OC[C@@]1(F)O[C@@H](n2ccc(=O)[nH]c2=O)[C@H](O)[C@@H]1O. The molecule has 13 nitrogen and oxygen atoms in total. The molecule has 158 valence electrons. The summed E-state index contributed by atoms with van der Waals surface area (Å²) in [5.74, 6) is -4.66. The number of H-pyrrole nitrogens is 1. The minimum Gasteiger partial charge on any atom is -0.480 e. The minimum absolute atomic E-state index is 0.445. The summed E-state index contributed by atoms with van der Waals surface area (Å²) in [5.41, 5.74) is -1.82. The van der Waals surface area contributed by atoms with Gasteiger partial charge in [0.05, 0.1) is 0 Å². The van der Waals surface area contributed by atoms with Gasteiger partial charge in [0.25, 0.3) is 11.4 Å². The molecule has 0 spiro atoms. The van der Waals surface area contributed by atoms with Crippen molar-refractivity contribution in [1.29, 1.82) is 0 Å². The number of aliphatic carboxylic acids is 1. The van der Waals surface area contributed by atoms with Gasteiger partial charge in [-0.25, -0.2) is 13.8 Å². The lowest BCUT2D eigenvalue weighted by molar-refractivity contribution is -0.204. The maximum absolute atomic E-state index is 14.9. The lowest BCUT2D eigenvalue weighted by atomic mass is 10.1. The number of halogens is 1. The fourth-order valence-corrected chi connectivity index (χ4v) is 3.42. The van der Waals surface area contributed by atoms with E-state index in [1.807, 2.05) is 4.98 Å². The third-order valence-corrected chi connectivity index (χ3v) is 5.85. The zero-order chi connectivity index (χ0) is 21.4. The summed E-state index contributed by atoms with van der Waals surface area (Å²) < 4.78 is 37.5. The van der Waals surface area contributed by atoms with Crippen molar-refractivity contribution in [2.45, 2.75) is 37.3 Å². The molecular formula is C13H19FN3O10P. The van der Waals surface area contributed by atoms with Crippen LogP contribution in [0.1, 0.15) is 13.2 Å². The van der Waals surface area contributed by atoms with Gasteiger partial charge in [-0.1, -0.05) is 0 Å². The number of nitrogens with zero attached hydrogens (tertiary/aromatic N) is 2. The summed E-state index contributed by atoms with van der Waals surface area (Å²) in [4.78, 5) is 45.4. The molecule has 1 saturated heterocycles. The Morgan fingerprint density at radius 2 is 2.14 bits per heavy atom. The van der Waals surface area contributed by atoms with E-state index >= 15 is 0 Å². The van der Waals surface area contributed by atoms with Crippen LogP contribution in [-0.4, -0.2) is 78.2 Å². The Hall–Kier alpha value is -1.93. The molecule has 0 aromatic carbocycles. The number of hydrogen-bond donors (Lipinski definition) is 5. The standard InChI is InChI=1S/C13H19FN3O10P/c1-6(11(21)22)16(2)28(24,25)26-5-13(14)9(20)8(19)10(27-13)17-4-3-7(18)15-12(17)23/h3-4,6,8-10,19-20H,5H2,1-2H3,(H,21,22)(H,24,25)(H,15,18,23)/t6-,8+,9-,10+,13+/m0/s1. The van der Waals surface area contributed by atoms with Crippen molar-refractivity contribution in [2.24, 2.45) is 0 Å². The molecule has 0 aliphatic carbocycles. The van der Waals surface area contributed by atoms with E-state index in [4.69, 9.17) is 9.84 Å². The Morgan fingerprint density at radius 1 is 1.54 bits per heavy atom. The van der Waals surface area contributed by atoms with Crippen molar-refractivity contribution in [2.75, 3.05) is 13.7 Å². The molecule has 6 atom stereocenters. The van der Waals surface area contributed by atoms with Gasteiger partial charge in [-0.15, -0.1) is 0 Å². The fourth-order valence-electron chi connectivity index (χ4n) is 2.36. The Bertz CT molecular complexity index is 905. The second-order valence-corrected chi connectivity index (χ2v) is 7.97. The summed E-state index contributed by atoms with van der Waals surface area (Å²) in [6.07, 6.45) is -5.17. The first-order valence-electron chi connectivity index (χ1n) is 7.78. The maximum atomic E-state index is 14.9. The maximum Gasteiger partial charge on any atom is 0.406 e. The van der Waals surface area contributed by atoms with Crippen LogP contribution in [0.3, 0.4) is 0 Å². The first-order valence-corrected chi connectivity index (χ1v) is 9.31. The first-order chi connectivity index (χ1) is 12.8. The largest absolute Gasteiger partial charge is 0.480 e. The summed E-state index contributed by atoms with van der Waals surface area (Å²) in [7, 11) is -3.87. The van der Waals surface area contributed by atoms with Crippen LogP contribution in [0.5, 0.6) is 0 Å². The number of rotatable bonds is 7. The zero-order valence-corrected chi connectivity index (χ0v) is 15.5. The summed E-state index contributed by atoms with van der Waals surface area (Å²) in [6, 6.07) is -0.568. The van der Waals surface area contributed by atoms with Gasteiger partial charge in [0.1, 0.15) is 24.9 Å². The summed E-state index contributed by atoms with van der Waals surface area (Å²) >= 11 is 0. The Labute approximate surface area is 156 Å². The van der Waals surface area contributed by atoms with E-state index in [0.29, 0.717) is 9.24 Å². The molecular weight excluding hydrogens is 408 g/mol. The monoisotopic (exact) mass is 427 g/mol. The van der Waals surface area contributed by atoms with Crippen LogP contribution in [0, 0.1) is 0 Å². The van der Waals surface area contributed by atoms with Crippen LogP contribution in [-0.2, 0) is 18.6 Å². The van der Waals surface area contributed by atoms with E-state index < -0.39 is 61.9 Å². The molecule has 0 saturated carbocycles. The van der Waals surface area contributed by atoms with Gasteiger partial charge >= 0.3 is 19.4 Å². The molecule has 28 heavy (non-hydrogen) atoms. The third-order valence-electron chi connectivity index (χ3n) is 4.25. The van der Waals surface area contributed by atoms with Gasteiger partial charge in [-0.05, 0) is 14.0 Å². The van der Waals surface area contributed by atoms with E-state index in [9.17, 15) is 38.4 Å². The molecule has 15 heteroatoms. The van der Waals surface area contributed by atoms with Crippen LogP contribution in [0.2, 0.25) is 0 Å². The van der Waals surface area contributed by atoms with Crippen molar-refractivity contribution in [3.8, 4) is 0 Å². The number of hydrogen-bond acceptors (Lipinski definition) is 8. The van der Waals surface area contributed by atoms with Gasteiger partial charge in [0.2, 0.25) is 0 Å². The van der Waals surface area contributed by atoms with Crippen molar-refractivity contribution >= 4 is 13.7 Å². The predicted octanol–water partition coefficient (Wildman–Crippen LogP) is -2.03. The van der Waals surface area contributed by atoms with Crippen molar-refractivity contribution < 1.29 is 43.2 Å². The quantitative estimate of drug-likeness (QED) is 0.302. The number of aromatic nitrogens is 2. The van der Waals surface area contributed by atoms with Crippen LogP contribution in [0.15, 0.2) is 21.9 Å². The van der Waals surface area contributed by atoms with Crippen LogP contribution in [0.25, 0.3) is 0 Å². The number of carbonyl (C=O) groups is 1. The summed E-state index contributed by atoms with van der Waals surface area (Å²) in [5, 5.41) is 28.8. The molecule has 2 rings (SSSR count). The zero-order valence-electron chi connectivity index (χ0n) is 14.6. The molecule has 1 aliphatic heterocycles. The minimum atomic E-state index is -4.82. The number of aromatic amines is 1. The molecule has 1 fully saturated rings. The number of aliphatic hydroxyl groups excluding tert-OH is 2. The number of carboxylic acid groups (broad SMARTS) is 1. The number of likely N-dealkylation sites (N-methyl/N-ethyl adjacent to an activating group) is 1. The van der Waals surface area contributed by atoms with Gasteiger partial charge in [-0.3, -0.25) is 23.7 Å². The predicted molar refractivity (Wildman–Crippen MR) is 87.9 cm³/mol. The van der Waals surface area contributed by atoms with Crippen LogP contribution < -0.4 is 11.2 Å². The molecule has 1 unspecified atom stereocenters. The average molecular weight is 427 g/mol. The molecule has 1 aromatic rings. The number of ether oxygens (including phenoxy) is 1. The van der Waals surface area contributed by atoms with Crippen molar-refractivity contribution in [3.63, 3.8) is 0 Å². The Balaban J connectivity index is 2.19. The molecule has 0 radical (unpaired) electrons. The highest BCUT2D eigenvalue weighted by Crippen LogP contribution is 2.49. The van der Waals surface area contributed by atoms with E-state index in [1.165, 1.54) is 0 Å². The number of nitrogens with one attached hydrogen (secondary N) is 1. The van der Waals surface area contributed by atoms with Gasteiger partial charge < -0.3 is 24.9 Å². The second kappa shape index (κ2) is 7.83. The van der Waals surface area contributed by atoms with Gasteiger partial charge in [0.15, 0.2) is 6.23 Å². The van der Waals surface area contributed by atoms with Crippen LogP contribution in [0.4, 0.5) is 4.39 Å². The molecule has 0 amide bonds. The van der Waals surface area contributed by atoms with E-state index in [-0.39, 0.29) is 0 Å². The molecule has 1 aliphatic rings. The highest BCUT2D eigenvalue weighted by Gasteiger charge is 2.57. The topological polar surface area (TPSA) is 192 Å². The second-order valence-electron chi connectivity index (χ2n) is 6.10. The molecule has 2 heterocycles. The number of aliphatic hydroxyl groups is 2. The first kappa shape index (κ1) is 22.4. The Morgan fingerprint density at radius 3 is 2.68 bits per heavy atom. The fraction of sp³-hybridized carbons (Fsp3) is 0.615. The van der Waals surface area contributed by atoms with Crippen molar-refractivity contribution in [1.82, 2.24) is 14.2 Å². The van der Waals surface area contributed by atoms with E-state index in [0.717, 1.165) is 26.2 Å². The lowest BCUT2D eigenvalue weighted by Gasteiger charge is -2.29. The van der Waals surface area contributed by atoms with Gasteiger partial charge in [-0.2, -0.15) is 4.67 Å². The highest BCUT2D eigenvalue weighted by atomic mass is 31.2. The molecule has 1 aromatic heterocycles. The smallest absolute Gasteiger partial charge is 0.406 e. The van der Waals surface area contributed by atoms with Crippen molar-refractivity contribution in [3.05, 3.63) is 33.1 Å². The lowest BCUT2D eigenvalue weighted by Crippen LogP contribution is -2.43. The van der Waals surface area contributed by atoms with Gasteiger partial charge in [0, 0.05) is 12.3 Å². The third kappa shape index (κ3) is 4.22. The highest BCUT2D eigenvalue weighted by molar-refractivity contribution is 7.50. The normalized spacial score (nSPS) is 30.9. The molecule has 5 N–H and O–H groups in total.